The van der Waals surface area contributed by atoms with Gasteiger partial charge in [-0.25, -0.2) is 4.39 Å². The molecule has 0 aromatic heterocycles. The van der Waals surface area contributed by atoms with Gasteiger partial charge in [-0.05, 0) is 6.92 Å². The number of likely N-dealkylation sites (tertiary alicyclic amines) is 1. The summed E-state index contributed by atoms with van der Waals surface area (Å²) in [4.78, 5) is 10.9. The Bertz CT molecular complexity index is 322. The van der Waals surface area contributed by atoms with Crippen molar-refractivity contribution >= 4 is 13.8 Å². The van der Waals surface area contributed by atoms with Gasteiger partial charge >= 0.3 is 12.1 Å². The van der Waals surface area contributed by atoms with Gasteiger partial charge in [-0.1, -0.05) is 0 Å². The Balaban J connectivity index is 3.11. The van der Waals surface area contributed by atoms with Crippen LogP contribution in [0.3, 0.4) is 0 Å². The fourth-order valence-corrected chi connectivity index (χ4v) is 1.79. The fraction of sp³-hybridized carbons (Fsp3) is 0.875. The van der Waals surface area contributed by atoms with Gasteiger partial charge in [0, 0.05) is 5.94 Å². The van der Waals surface area contributed by atoms with Gasteiger partial charge in [0.2, 0.25) is 0 Å². The number of rotatable bonds is 1. The Kier molecular flexibility index (Phi) is 3.46. The highest BCUT2D eigenvalue weighted by molar-refractivity contribution is 6.14. The lowest BCUT2D eigenvalue weighted by Gasteiger charge is -2.29. The number of nitrogens with zero attached hydrogens (tertiary/aromatic N) is 1. The van der Waals surface area contributed by atoms with Crippen molar-refractivity contribution in [1.82, 2.24) is 4.90 Å². The van der Waals surface area contributed by atoms with Crippen molar-refractivity contribution in [2.75, 3.05) is 6.61 Å². The van der Waals surface area contributed by atoms with Crippen molar-refractivity contribution in [3.8, 4) is 0 Å². The van der Waals surface area contributed by atoms with Gasteiger partial charge in [-0.3, -0.25) is 4.79 Å². The Morgan fingerprint density at radius 1 is 1.53 bits per heavy atom. The molecule has 0 saturated carbocycles. The molecule has 2 radical (unpaired) electrons. The van der Waals surface area contributed by atoms with Crippen LogP contribution in [0.2, 0.25) is 0 Å². The zero-order valence-electron chi connectivity index (χ0n) is 8.78. The first-order valence-electron chi connectivity index (χ1n) is 4.68. The minimum absolute atomic E-state index is 0.0648. The predicted molar refractivity (Wildman–Crippen MR) is 48.8 cm³/mol. The van der Waals surface area contributed by atoms with E-state index in [2.05, 4.69) is 0 Å². The lowest BCUT2D eigenvalue weighted by Crippen LogP contribution is -2.51. The Labute approximate surface area is 95.6 Å². The second-order valence-electron chi connectivity index (χ2n) is 4.00. The number of carbonyl (C=O) groups excluding carboxylic acids is 1. The maximum Gasteiger partial charge on any atom is 0.471 e. The van der Waals surface area contributed by atoms with Crippen LogP contribution in [0.5, 0.6) is 0 Å². The first kappa shape index (κ1) is 14.2. The molecule has 1 rings (SSSR count). The van der Waals surface area contributed by atoms with E-state index in [-0.39, 0.29) is 4.90 Å². The van der Waals surface area contributed by atoms with Crippen LogP contribution in [0.25, 0.3) is 0 Å². The van der Waals surface area contributed by atoms with Crippen molar-refractivity contribution in [2.45, 2.75) is 36.9 Å². The Morgan fingerprint density at radius 3 is 2.35 bits per heavy atom. The number of hydrogen-bond donors (Lipinski definition) is 2. The SMILES string of the molecule is [B][C@@H]1N(C(=O)C(F)(F)F)[C@H](CO)[C@@H](O)[C@]1(C)F. The van der Waals surface area contributed by atoms with Gasteiger partial charge in [0.15, 0.2) is 0 Å². The molecule has 1 heterocycles. The summed E-state index contributed by atoms with van der Waals surface area (Å²) < 4.78 is 50.5. The lowest BCUT2D eigenvalue weighted by atomic mass is 9.82. The van der Waals surface area contributed by atoms with Crippen LogP contribution >= 0.6 is 0 Å². The van der Waals surface area contributed by atoms with Gasteiger partial charge in [-0.2, -0.15) is 13.2 Å². The predicted octanol–water partition coefficient (Wildman–Crippen LogP) is -0.665. The molecule has 96 valence electrons. The normalized spacial score (nSPS) is 38.5. The summed E-state index contributed by atoms with van der Waals surface area (Å²) in [6.45, 7) is -0.245. The second-order valence-corrected chi connectivity index (χ2v) is 4.00. The third-order valence-corrected chi connectivity index (χ3v) is 2.84. The van der Waals surface area contributed by atoms with Gasteiger partial charge < -0.3 is 15.1 Å². The first-order chi connectivity index (χ1) is 7.55. The molecule has 2 N–H and O–H groups in total. The molecule has 0 aromatic rings. The first-order valence-corrected chi connectivity index (χ1v) is 4.68. The Morgan fingerprint density at radius 2 is 2.00 bits per heavy atom. The number of aliphatic hydroxyl groups is 2. The van der Waals surface area contributed by atoms with Gasteiger partial charge in [-0.15, -0.1) is 0 Å². The average Bonchev–Trinajstić information content (AvgIpc) is 2.36. The number of carbonyl (C=O) groups is 1. The number of aliphatic hydroxyl groups excluding tert-OH is 2. The highest BCUT2D eigenvalue weighted by atomic mass is 19.4. The summed E-state index contributed by atoms with van der Waals surface area (Å²) in [5.74, 6) is -4.35. The van der Waals surface area contributed by atoms with Crippen molar-refractivity contribution < 1.29 is 32.6 Å². The van der Waals surface area contributed by atoms with E-state index in [1.54, 1.807) is 0 Å². The molecule has 1 amide bonds. The van der Waals surface area contributed by atoms with E-state index in [4.69, 9.17) is 13.0 Å². The molecule has 0 aliphatic carbocycles. The Hall–Kier alpha value is -0.825. The maximum absolute atomic E-state index is 13.8. The third kappa shape index (κ3) is 2.13. The maximum atomic E-state index is 13.8. The lowest BCUT2D eigenvalue weighted by molar-refractivity contribution is -0.188. The van der Waals surface area contributed by atoms with Crippen LogP contribution in [0.1, 0.15) is 6.92 Å². The zero-order chi connectivity index (χ0) is 13.6. The molecular weight excluding hydrogens is 245 g/mol. The van der Waals surface area contributed by atoms with Gasteiger partial charge in [0.25, 0.3) is 0 Å². The van der Waals surface area contributed by atoms with E-state index in [1.165, 1.54) is 0 Å². The largest absolute Gasteiger partial charge is 0.471 e. The minimum atomic E-state index is -5.24. The zero-order valence-corrected chi connectivity index (χ0v) is 8.78. The molecule has 9 heteroatoms. The summed E-state index contributed by atoms with van der Waals surface area (Å²) >= 11 is 0. The van der Waals surface area contributed by atoms with Crippen LogP contribution in [0, 0.1) is 0 Å². The molecule has 0 aromatic carbocycles. The molecule has 1 aliphatic heterocycles. The van der Waals surface area contributed by atoms with Crippen LogP contribution in [0.15, 0.2) is 0 Å². The number of amides is 1. The second kappa shape index (κ2) is 4.13. The van der Waals surface area contributed by atoms with E-state index in [1.807, 2.05) is 0 Å². The van der Waals surface area contributed by atoms with E-state index in [0.29, 0.717) is 0 Å². The summed E-state index contributed by atoms with van der Waals surface area (Å²) in [6, 6.07) is -1.71. The van der Waals surface area contributed by atoms with Crippen LogP contribution in [0.4, 0.5) is 17.6 Å². The molecule has 1 saturated heterocycles. The fourth-order valence-electron chi connectivity index (χ4n) is 1.79. The molecule has 17 heavy (non-hydrogen) atoms. The molecule has 0 bridgehead atoms. The average molecular weight is 255 g/mol. The molecule has 1 fully saturated rings. The molecule has 4 nitrogen and oxygen atoms in total. The molecular formula is C8H10BF4NO3. The molecule has 0 unspecified atom stereocenters. The highest BCUT2D eigenvalue weighted by Crippen LogP contribution is 2.37. The monoisotopic (exact) mass is 255 g/mol. The standard InChI is InChI=1S/C8H10BF4NO3/c1-7(10)4(16)3(2-15)14(5(7)9)6(17)8(11,12)13/h3-5,15-16H,2H2,1H3/t3-,4-,5-,7+/m1/s1. The highest BCUT2D eigenvalue weighted by Gasteiger charge is 2.60. The van der Waals surface area contributed by atoms with E-state index in [9.17, 15) is 27.5 Å². The minimum Gasteiger partial charge on any atom is -0.394 e. The topological polar surface area (TPSA) is 60.8 Å². The smallest absolute Gasteiger partial charge is 0.394 e. The third-order valence-electron chi connectivity index (χ3n) is 2.84. The number of alkyl halides is 4. The van der Waals surface area contributed by atoms with Crippen LogP contribution in [-0.4, -0.2) is 65.4 Å². The van der Waals surface area contributed by atoms with Crippen molar-refractivity contribution in [1.29, 1.82) is 0 Å². The summed E-state index contributed by atoms with van der Waals surface area (Å²) in [5, 5.41) is 18.2. The number of halogens is 4. The van der Waals surface area contributed by atoms with Crippen LogP contribution < -0.4 is 0 Å². The van der Waals surface area contributed by atoms with Crippen LogP contribution in [-0.2, 0) is 4.79 Å². The van der Waals surface area contributed by atoms with Gasteiger partial charge in [0.1, 0.15) is 19.6 Å². The summed E-state index contributed by atoms with van der Waals surface area (Å²) in [7, 11) is 5.17. The van der Waals surface area contributed by atoms with Crippen molar-refractivity contribution in [2.24, 2.45) is 0 Å². The molecule has 4 atom stereocenters. The van der Waals surface area contributed by atoms with E-state index in [0.717, 1.165) is 6.92 Å². The summed E-state index contributed by atoms with van der Waals surface area (Å²) in [5.41, 5.74) is -2.62. The van der Waals surface area contributed by atoms with E-state index >= 15 is 0 Å². The quantitative estimate of drug-likeness (QED) is 0.482. The van der Waals surface area contributed by atoms with Gasteiger partial charge in [0.05, 0.1) is 12.6 Å². The molecule has 1 aliphatic rings. The van der Waals surface area contributed by atoms with E-state index < -0.39 is 42.4 Å². The number of hydrogen-bond acceptors (Lipinski definition) is 3. The van der Waals surface area contributed by atoms with Crippen molar-refractivity contribution in [3.63, 3.8) is 0 Å². The van der Waals surface area contributed by atoms with Crippen molar-refractivity contribution in [3.05, 3.63) is 0 Å². The summed E-state index contributed by atoms with van der Waals surface area (Å²) in [6.07, 6.45) is -7.22. The molecule has 0 spiro atoms.